The van der Waals surface area contributed by atoms with Gasteiger partial charge in [0.05, 0.1) is 29.1 Å². The van der Waals surface area contributed by atoms with Gasteiger partial charge in [0.15, 0.2) is 5.82 Å². The standard InChI is InChI=1S/C23H20BrClF2N10O4/c1-11-7-12(24)8-14(21(38)33-35(2)23(40)41-3)17(11)29-22(39)16-9-13(10-36-32-19(18(26)27)30-34-36)31-37(16)20-15(25)5-4-6-28-20/h4-9,18H,10H2,1-3H3,(H,29,39)(H,33,38). The van der Waals surface area contributed by atoms with Crippen molar-refractivity contribution in [1.82, 2.24) is 45.4 Å². The van der Waals surface area contributed by atoms with Gasteiger partial charge in [0, 0.05) is 17.7 Å². The molecule has 1 aromatic carbocycles. The first-order valence-electron chi connectivity index (χ1n) is 11.5. The highest BCUT2D eigenvalue weighted by molar-refractivity contribution is 9.10. The van der Waals surface area contributed by atoms with Gasteiger partial charge >= 0.3 is 12.5 Å². The highest BCUT2D eigenvalue weighted by atomic mass is 79.9. The van der Waals surface area contributed by atoms with Crippen molar-refractivity contribution in [2.45, 2.75) is 19.9 Å². The molecule has 18 heteroatoms. The smallest absolute Gasteiger partial charge is 0.428 e. The highest BCUT2D eigenvalue weighted by Crippen LogP contribution is 2.28. The Morgan fingerprint density at radius 2 is 1.95 bits per heavy atom. The lowest BCUT2D eigenvalue weighted by Gasteiger charge is -2.19. The summed E-state index contributed by atoms with van der Waals surface area (Å²) in [5.74, 6) is -2.09. The van der Waals surface area contributed by atoms with Gasteiger partial charge in [-0.25, -0.2) is 28.3 Å². The fourth-order valence-electron chi connectivity index (χ4n) is 3.58. The van der Waals surface area contributed by atoms with E-state index in [4.69, 9.17) is 11.6 Å². The fourth-order valence-corrected chi connectivity index (χ4v) is 4.35. The molecule has 214 valence electrons. The van der Waals surface area contributed by atoms with Gasteiger partial charge in [-0.05, 0) is 48.0 Å². The molecule has 2 N–H and O–H groups in total. The predicted octanol–water partition coefficient (Wildman–Crippen LogP) is 3.56. The molecule has 0 unspecified atom stereocenters. The number of nitrogens with one attached hydrogen (secondary N) is 2. The number of hydrogen-bond donors (Lipinski definition) is 2. The van der Waals surface area contributed by atoms with Crippen LogP contribution in [-0.2, 0) is 11.3 Å². The van der Waals surface area contributed by atoms with Crippen LogP contribution < -0.4 is 10.7 Å². The molecule has 0 aliphatic heterocycles. The molecule has 0 aliphatic rings. The number of pyridine rings is 1. The second kappa shape index (κ2) is 12.3. The van der Waals surface area contributed by atoms with Crippen molar-refractivity contribution in [2.75, 3.05) is 19.5 Å². The Balaban J connectivity index is 1.71. The van der Waals surface area contributed by atoms with Crippen molar-refractivity contribution in [1.29, 1.82) is 0 Å². The number of alkyl halides is 2. The minimum Gasteiger partial charge on any atom is -0.452 e. The minimum atomic E-state index is -2.91. The molecule has 3 aromatic heterocycles. The van der Waals surface area contributed by atoms with Crippen LogP contribution in [-0.4, -0.2) is 72.0 Å². The molecule has 0 spiro atoms. The van der Waals surface area contributed by atoms with Crippen molar-refractivity contribution in [3.63, 3.8) is 0 Å². The van der Waals surface area contributed by atoms with E-state index >= 15 is 0 Å². The van der Waals surface area contributed by atoms with E-state index in [0.29, 0.717) is 10.0 Å². The molecule has 4 aromatic rings. The molecule has 0 fully saturated rings. The van der Waals surface area contributed by atoms with Crippen molar-refractivity contribution in [3.05, 3.63) is 74.4 Å². The van der Waals surface area contributed by atoms with Gasteiger partial charge in [-0.15, -0.1) is 10.2 Å². The maximum atomic E-state index is 13.6. The zero-order valence-corrected chi connectivity index (χ0v) is 23.8. The molecule has 41 heavy (non-hydrogen) atoms. The van der Waals surface area contributed by atoms with Crippen molar-refractivity contribution in [2.24, 2.45) is 0 Å². The van der Waals surface area contributed by atoms with E-state index in [1.54, 1.807) is 25.1 Å². The monoisotopic (exact) mass is 652 g/mol. The third-order valence-corrected chi connectivity index (χ3v) is 6.15. The molecule has 3 amide bonds. The molecular weight excluding hydrogens is 634 g/mol. The number of anilines is 1. The average Bonchev–Trinajstić information content (AvgIpc) is 3.57. The molecular formula is C23H20BrClF2N10O4. The van der Waals surface area contributed by atoms with E-state index < -0.39 is 30.2 Å². The number of nitrogens with zero attached hydrogens (tertiary/aromatic N) is 8. The Morgan fingerprint density at radius 1 is 1.20 bits per heavy atom. The first kappa shape index (κ1) is 29.5. The van der Waals surface area contributed by atoms with Gasteiger partial charge in [0.2, 0.25) is 5.82 Å². The van der Waals surface area contributed by atoms with E-state index in [2.05, 4.69) is 56.9 Å². The molecule has 0 atom stereocenters. The average molecular weight is 654 g/mol. The summed E-state index contributed by atoms with van der Waals surface area (Å²) in [7, 11) is 2.44. The number of hydrogen-bond acceptors (Lipinski definition) is 9. The lowest BCUT2D eigenvalue weighted by atomic mass is 10.1. The summed E-state index contributed by atoms with van der Waals surface area (Å²) in [4.78, 5) is 43.6. The van der Waals surface area contributed by atoms with Crippen LogP contribution in [0.3, 0.4) is 0 Å². The SMILES string of the molecule is COC(=O)N(C)NC(=O)c1cc(Br)cc(C)c1NC(=O)c1cc(Cn2nnc(C(F)F)n2)nn1-c1ncccc1Cl. The van der Waals surface area contributed by atoms with E-state index in [1.807, 2.05) is 0 Å². The summed E-state index contributed by atoms with van der Waals surface area (Å²) < 4.78 is 32.1. The van der Waals surface area contributed by atoms with Gasteiger partial charge in [-0.3, -0.25) is 15.0 Å². The molecule has 0 bridgehead atoms. The largest absolute Gasteiger partial charge is 0.452 e. The second-order valence-electron chi connectivity index (χ2n) is 8.29. The quantitative estimate of drug-likeness (QED) is 0.284. The Kier molecular flexibility index (Phi) is 8.87. The summed E-state index contributed by atoms with van der Waals surface area (Å²) in [5, 5.41) is 18.6. The lowest BCUT2D eigenvalue weighted by molar-refractivity contribution is 0.0767. The van der Waals surface area contributed by atoms with Crippen LogP contribution >= 0.6 is 27.5 Å². The summed E-state index contributed by atoms with van der Waals surface area (Å²) in [6.45, 7) is 1.46. The highest BCUT2D eigenvalue weighted by Gasteiger charge is 2.24. The van der Waals surface area contributed by atoms with Crippen molar-refractivity contribution >= 4 is 51.1 Å². The third-order valence-electron chi connectivity index (χ3n) is 5.40. The molecule has 14 nitrogen and oxygen atoms in total. The molecule has 0 saturated heterocycles. The summed E-state index contributed by atoms with van der Waals surface area (Å²) >= 11 is 9.65. The Hall–Kier alpha value is -4.51. The van der Waals surface area contributed by atoms with Gasteiger partial charge in [-0.2, -0.15) is 9.90 Å². The number of aryl methyl sites for hydroxylation is 1. The zero-order chi connectivity index (χ0) is 29.8. The van der Waals surface area contributed by atoms with E-state index in [1.165, 1.54) is 25.4 Å². The van der Waals surface area contributed by atoms with E-state index in [0.717, 1.165) is 21.6 Å². The topological polar surface area (TPSA) is 162 Å². The fraction of sp³-hybridized carbons (Fsp3) is 0.217. The summed E-state index contributed by atoms with van der Waals surface area (Å²) in [5.41, 5.74) is 3.17. The Labute approximate surface area is 243 Å². The van der Waals surface area contributed by atoms with Gasteiger partial charge in [0.1, 0.15) is 12.2 Å². The number of carbonyl (C=O) groups excluding carboxylic acids is 3. The number of ether oxygens (including phenoxy) is 1. The Bertz CT molecular complexity index is 1630. The predicted molar refractivity (Wildman–Crippen MR) is 143 cm³/mol. The lowest BCUT2D eigenvalue weighted by Crippen LogP contribution is -2.43. The van der Waals surface area contributed by atoms with Crippen LogP contribution in [0.4, 0.5) is 19.3 Å². The normalized spacial score (nSPS) is 10.9. The number of halogens is 4. The second-order valence-corrected chi connectivity index (χ2v) is 9.61. The van der Waals surface area contributed by atoms with E-state index in [-0.39, 0.29) is 40.0 Å². The number of hydrazine groups is 1. The first-order chi connectivity index (χ1) is 19.5. The van der Waals surface area contributed by atoms with Gasteiger partial charge in [0.25, 0.3) is 11.8 Å². The van der Waals surface area contributed by atoms with Crippen LogP contribution in [0.1, 0.15) is 44.4 Å². The number of rotatable bonds is 7. The van der Waals surface area contributed by atoms with Gasteiger partial charge in [-0.1, -0.05) is 27.5 Å². The summed E-state index contributed by atoms with van der Waals surface area (Å²) in [6.07, 6.45) is -2.29. The number of amides is 3. The molecule has 0 saturated carbocycles. The first-order valence-corrected chi connectivity index (χ1v) is 12.7. The van der Waals surface area contributed by atoms with Crippen LogP contribution in [0.25, 0.3) is 5.82 Å². The molecule has 4 rings (SSSR count). The minimum absolute atomic E-state index is 0.0227. The van der Waals surface area contributed by atoms with Crippen LogP contribution in [0.2, 0.25) is 5.02 Å². The maximum Gasteiger partial charge on any atom is 0.428 e. The van der Waals surface area contributed by atoms with Crippen LogP contribution in [0.5, 0.6) is 0 Å². The van der Waals surface area contributed by atoms with E-state index in [9.17, 15) is 23.2 Å². The molecule has 0 aliphatic carbocycles. The Morgan fingerprint density at radius 3 is 2.61 bits per heavy atom. The van der Waals surface area contributed by atoms with Crippen molar-refractivity contribution < 1.29 is 27.9 Å². The van der Waals surface area contributed by atoms with Crippen LogP contribution in [0.15, 0.2) is 41.0 Å². The number of carbonyl (C=O) groups is 3. The third kappa shape index (κ3) is 6.63. The maximum absolute atomic E-state index is 13.6. The molecule has 0 radical (unpaired) electrons. The number of methoxy groups -OCH3 is 1. The van der Waals surface area contributed by atoms with Crippen molar-refractivity contribution in [3.8, 4) is 5.82 Å². The van der Waals surface area contributed by atoms with Gasteiger partial charge < -0.3 is 10.1 Å². The molecule has 3 heterocycles. The van der Waals surface area contributed by atoms with Crippen LogP contribution in [0, 0.1) is 6.92 Å². The number of tetrazole rings is 1. The zero-order valence-electron chi connectivity index (χ0n) is 21.5. The number of benzene rings is 1. The number of aromatic nitrogens is 7. The summed E-state index contributed by atoms with van der Waals surface area (Å²) in [6, 6.07) is 7.62.